The van der Waals surface area contributed by atoms with Crippen molar-refractivity contribution < 1.29 is 14.3 Å². The van der Waals surface area contributed by atoms with E-state index in [-0.39, 0.29) is 30.6 Å². The molecule has 2 aromatic carbocycles. The van der Waals surface area contributed by atoms with Crippen LogP contribution in [0.25, 0.3) is 16.9 Å². The number of carbonyl (C=O) groups excluding carboxylic acids is 2. The van der Waals surface area contributed by atoms with Crippen LogP contribution >= 0.6 is 0 Å². The van der Waals surface area contributed by atoms with Crippen LogP contribution in [-0.2, 0) is 9.53 Å². The van der Waals surface area contributed by atoms with Crippen LogP contribution in [0, 0.1) is 6.92 Å². The molecule has 0 saturated carbocycles. The molecule has 8 heteroatoms. The van der Waals surface area contributed by atoms with Crippen LogP contribution in [0.4, 0.5) is 10.7 Å². The van der Waals surface area contributed by atoms with Crippen LogP contribution in [0.2, 0.25) is 0 Å². The van der Waals surface area contributed by atoms with E-state index in [0.29, 0.717) is 19.1 Å². The predicted molar refractivity (Wildman–Crippen MR) is 137 cm³/mol. The van der Waals surface area contributed by atoms with Gasteiger partial charge in [-0.2, -0.15) is 0 Å². The Morgan fingerprint density at radius 3 is 2.54 bits per heavy atom. The highest BCUT2D eigenvalue weighted by molar-refractivity contribution is 5.93. The largest absolute Gasteiger partial charge is 0.376 e. The lowest BCUT2D eigenvalue weighted by Crippen LogP contribution is -2.49. The molecule has 184 valence electrons. The lowest BCUT2D eigenvalue weighted by molar-refractivity contribution is -0.117. The van der Waals surface area contributed by atoms with Crippen LogP contribution in [0.1, 0.15) is 32.3 Å². The number of nitrogens with one attached hydrogen (secondary N) is 2. The summed E-state index contributed by atoms with van der Waals surface area (Å²) in [5.41, 5.74) is 3.72. The summed E-state index contributed by atoms with van der Waals surface area (Å²) in [6.07, 6.45) is 3.70. The molecule has 1 atom stereocenters. The molecule has 1 aliphatic rings. The Balaban J connectivity index is 1.56. The van der Waals surface area contributed by atoms with Gasteiger partial charge in [0.25, 0.3) is 0 Å². The smallest absolute Gasteiger partial charge is 0.318 e. The second kappa shape index (κ2) is 11.2. The Labute approximate surface area is 206 Å². The van der Waals surface area contributed by atoms with E-state index in [1.165, 1.54) is 4.90 Å². The second-order valence-corrected chi connectivity index (χ2v) is 9.19. The fourth-order valence-electron chi connectivity index (χ4n) is 4.05. The van der Waals surface area contributed by atoms with Crippen molar-refractivity contribution in [3.63, 3.8) is 0 Å². The van der Waals surface area contributed by atoms with Gasteiger partial charge in [-0.3, -0.25) is 14.7 Å². The van der Waals surface area contributed by atoms with E-state index in [0.717, 1.165) is 35.3 Å². The molecule has 8 nitrogen and oxygen atoms in total. The number of rotatable bonds is 8. The molecule has 35 heavy (non-hydrogen) atoms. The molecule has 0 radical (unpaired) electrons. The van der Waals surface area contributed by atoms with Gasteiger partial charge in [0.15, 0.2) is 0 Å². The van der Waals surface area contributed by atoms with Gasteiger partial charge in [0.1, 0.15) is 6.54 Å². The van der Waals surface area contributed by atoms with Gasteiger partial charge in [-0.15, -0.1) is 0 Å². The van der Waals surface area contributed by atoms with Gasteiger partial charge in [0, 0.05) is 36.6 Å². The molecular formula is C27H33N5O3. The third-order valence-electron chi connectivity index (χ3n) is 5.82. The van der Waals surface area contributed by atoms with Gasteiger partial charge in [0.2, 0.25) is 11.9 Å². The number of imidazole rings is 1. The van der Waals surface area contributed by atoms with Crippen LogP contribution in [0.5, 0.6) is 0 Å². The summed E-state index contributed by atoms with van der Waals surface area (Å²) in [6, 6.07) is 17.5. The highest BCUT2D eigenvalue weighted by Gasteiger charge is 2.25. The monoisotopic (exact) mass is 475 g/mol. The summed E-state index contributed by atoms with van der Waals surface area (Å²) in [7, 11) is 0. The van der Waals surface area contributed by atoms with Crippen molar-refractivity contribution in [3.8, 4) is 16.9 Å². The molecule has 4 rings (SSSR count). The Morgan fingerprint density at radius 2 is 1.89 bits per heavy atom. The maximum atomic E-state index is 13.1. The van der Waals surface area contributed by atoms with Crippen LogP contribution in [0.3, 0.4) is 0 Å². The van der Waals surface area contributed by atoms with E-state index >= 15 is 0 Å². The molecule has 2 heterocycles. The summed E-state index contributed by atoms with van der Waals surface area (Å²) in [4.78, 5) is 32.2. The standard InChI is InChI=1S/C27H33N5O3/c1-19(2)28-27(34)31(16-23-10-7-15-35-23)18-25(33)30-26-29-24(21-8-5-4-6-9-21)17-32(26)22-13-11-20(3)12-14-22/h4-6,8-9,11-14,17,19,23H,7,10,15-16,18H2,1-3H3,(H,28,34)(H,29,30,33). The average Bonchev–Trinajstić information content (AvgIpc) is 3.49. The zero-order valence-electron chi connectivity index (χ0n) is 20.5. The number of amides is 3. The quantitative estimate of drug-likeness (QED) is 0.506. The van der Waals surface area contributed by atoms with E-state index in [9.17, 15) is 9.59 Å². The van der Waals surface area contributed by atoms with Crippen LogP contribution < -0.4 is 10.6 Å². The third kappa shape index (κ3) is 6.48. The van der Waals surface area contributed by atoms with Gasteiger partial charge in [-0.1, -0.05) is 48.0 Å². The minimum atomic E-state index is -0.319. The summed E-state index contributed by atoms with van der Waals surface area (Å²) >= 11 is 0. The maximum absolute atomic E-state index is 13.1. The zero-order valence-corrected chi connectivity index (χ0v) is 20.5. The number of aryl methyl sites for hydroxylation is 1. The first kappa shape index (κ1) is 24.5. The highest BCUT2D eigenvalue weighted by atomic mass is 16.5. The molecule has 2 N–H and O–H groups in total. The van der Waals surface area contributed by atoms with Gasteiger partial charge >= 0.3 is 6.03 Å². The molecule has 1 saturated heterocycles. The van der Waals surface area contributed by atoms with Gasteiger partial charge in [0.05, 0.1) is 11.8 Å². The Bertz CT molecular complexity index is 1140. The normalized spacial score (nSPS) is 15.3. The summed E-state index contributed by atoms with van der Waals surface area (Å²) in [6.45, 7) is 6.78. The molecule has 3 amide bonds. The first-order valence-electron chi connectivity index (χ1n) is 12.1. The summed E-state index contributed by atoms with van der Waals surface area (Å²) < 4.78 is 7.57. The predicted octanol–water partition coefficient (Wildman–Crippen LogP) is 4.39. The minimum absolute atomic E-state index is 0.0357. The van der Waals surface area contributed by atoms with Crippen molar-refractivity contribution in [2.75, 3.05) is 25.0 Å². The zero-order chi connectivity index (χ0) is 24.8. The Morgan fingerprint density at radius 1 is 1.14 bits per heavy atom. The maximum Gasteiger partial charge on any atom is 0.318 e. The first-order chi connectivity index (χ1) is 16.9. The number of nitrogens with zero attached hydrogens (tertiary/aromatic N) is 3. The van der Waals surface area contributed by atoms with E-state index in [2.05, 4.69) is 10.6 Å². The van der Waals surface area contributed by atoms with Crippen LogP contribution in [0.15, 0.2) is 60.8 Å². The molecule has 0 aliphatic carbocycles. The summed E-state index contributed by atoms with van der Waals surface area (Å²) in [5.74, 6) is 0.0829. The topological polar surface area (TPSA) is 88.5 Å². The van der Waals surface area contributed by atoms with Gasteiger partial charge in [-0.25, -0.2) is 9.78 Å². The van der Waals surface area contributed by atoms with E-state index in [1.54, 1.807) is 0 Å². The minimum Gasteiger partial charge on any atom is -0.376 e. The van der Waals surface area contributed by atoms with Crippen molar-refractivity contribution in [2.24, 2.45) is 0 Å². The molecule has 3 aromatic rings. The number of hydrogen-bond acceptors (Lipinski definition) is 4. The van der Waals surface area contributed by atoms with E-state index in [1.807, 2.05) is 86.1 Å². The molecule has 1 aromatic heterocycles. The Hall–Kier alpha value is -3.65. The van der Waals surface area contributed by atoms with Crippen molar-refractivity contribution in [1.82, 2.24) is 19.8 Å². The van der Waals surface area contributed by atoms with E-state index < -0.39 is 0 Å². The molecule has 1 aliphatic heterocycles. The fraction of sp³-hybridized carbons (Fsp3) is 0.370. The van der Waals surface area contributed by atoms with E-state index in [4.69, 9.17) is 9.72 Å². The number of anilines is 1. The van der Waals surface area contributed by atoms with Gasteiger partial charge < -0.3 is 15.0 Å². The third-order valence-corrected chi connectivity index (χ3v) is 5.82. The van der Waals surface area contributed by atoms with Crippen LogP contribution in [-0.4, -0.2) is 58.2 Å². The first-order valence-corrected chi connectivity index (χ1v) is 12.1. The number of urea groups is 1. The molecule has 0 bridgehead atoms. The van der Waals surface area contributed by atoms with Gasteiger partial charge in [-0.05, 0) is 45.7 Å². The van der Waals surface area contributed by atoms with Crippen molar-refractivity contribution in [1.29, 1.82) is 0 Å². The average molecular weight is 476 g/mol. The SMILES string of the molecule is Cc1ccc(-n2cc(-c3ccccc3)nc2NC(=O)CN(CC2CCCO2)C(=O)NC(C)C)cc1. The van der Waals surface area contributed by atoms with Crippen molar-refractivity contribution >= 4 is 17.9 Å². The summed E-state index contributed by atoms with van der Waals surface area (Å²) in [5, 5.41) is 5.81. The molecule has 0 spiro atoms. The number of hydrogen-bond donors (Lipinski definition) is 2. The second-order valence-electron chi connectivity index (χ2n) is 9.19. The lowest BCUT2D eigenvalue weighted by atomic mass is 10.2. The number of ether oxygens (including phenoxy) is 1. The number of benzene rings is 2. The molecule has 1 fully saturated rings. The highest BCUT2D eigenvalue weighted by Crippen LogP contribution is 2.24. The Kier molecular flexibility index (Phi) is 7.82. The van der Waals surface area contributed by atoms with Crippen molar-refractivity contribution in [2.45, 2.75) is 45.8 Å². The lowest BCUT2D eigenvalue weighted by Gasteiger charge is -2.26. The van der Waals surface area contributed by atoms with Crippen molar-refractivity contribution in [3.05, 3.63) is 66.4 Å². The fourth-order valence-corrected chi connectivity index (χ4v) is 4.05. The molecular weight excluding hydrogens is 442 g/mol. The number of aromatic nitrogens is 2. The molecule has 1 unspecified atom stereocenters. The number of carbonyl (C=O) groups is 2.